The van der Waals surface area contributed by atoms with Crippen molar-refractivity contribution in [2.24, 2.45) is 7.05 Å². The Morgan fingerprint density at radius 1 is 1.47 bits per heavy atom. The number of aryl methyl sites for hydroxylation is 1. The SMILES string of the molecule is CC(Cn1cccn1)OC(=O)c1ccc(=O)n(C)c1. The molecule has 0 radical (unpaired) electrons. The van der Waals surface area contributed by atoms with Gasteiger partial charge >= 0.3 is 5.97 Å². The smallest absolute Gasteiger partial charge is 0.339 e. The minimum Gasteiger partial charge on any atom is -0.457 e. The second-order valence-corrected chi connectivity index (χ2v) is 4.31. The highest BCUT2D eigenvalue weighted by Gasteiger charge is 2.13. The van der Waals surface area contributed by atoms with Crippen LogP contribution in [0, 0.1) is 0 Å². The Hall–Kier alpha value is -2.37. The van der Waals surface area contributed by atoms with Crippen molar-refractivity contribution in [3.05, 3.63) is 52.7 Å². The molecular weight excluding hydrogens is 246 g/mol. The van der Waals surface area contributed by atoms with Crippen molar-refractivity contribution in [3.63, 3.8) is 0 Å². The number of esters is 1. The van der Waals surface area contributed by atoms with E-state index in [2.05, 4.69) is 5.10 Å². The van der Waals surface area contributed by atoms with Crippen LogP contribution in [0.25, 0.3) is 0 Å². The molecule has 1 atom stereocenters. The molecule has 0 saturated carbocycles. The summed E-state index contributed by atoms with van der Waals surface area (Å²) in [7, 11) is 1.59. The summed E-state index contributed by atoms with van der Waals surface area (Å²) in [5.74, 6) is -0.449. The van der Waals surface area contributed by atoms with Gasteiger partial charge < -0.3 is 9.30 Å². The normalized spacial score (nSPS) is 12.1. The van der Waals surface area contributed by atoms with Crippen LogP contribution in [0.3, 0.4) is 0 Å². The van der Waals surface area contributed by atoms with E-state index in [1.54, 1.807) is 31.0 Å². The number of ether oxygens (including phenoxy) is 1. The zero-order valence-corrected chi connectivity index (χ0v) is 10.8. The topological polar surface area (TPSA) is 66.1 Å². The zero-order valence-electron chi connectivity index (χ0n) is 10.8. The summed E-state index contributed by atoms with van der Waals surface area (Å²) in [5, 5.41) is 4.04. The standard InChI is InChI=1S/C13H15N3O3/c1-10(8-16-7-3-6-14-16)19-13(18)11-4-5-12(17)15(2)9-11/h3-7,9-10H,8H2,1-2H3. The molecule has 0 aliphatic carbocycles. The van der Waals surface area contributed by atoms with Crippen molar-refractivity contribution in [1.29, 1.82) is 0 Å². The second kappa shape index (κ2) is 5.51. The third-order valence-corrected chi connectivity index (χ3v) is 2.63. The van der Waals surface area contributed by atoms with Gasteiger partial charge in [0.15, 0.2) is 0 Å². The summed E-state index contributed by atoms with van der Waals surface area (Å²) in [5.41, 5.74) is 0.190. The first-order valence-electron chi connectivity index (χ1n) is 5.91. The largest absolute Gasteiger partial charge is 0.457 e. The molecule has 6 nitrogen and oxygen atoms in total. The fraction of sp³-hybridized carbons (Fsp3) is 0.308. The number of carbonyl (C=O) groups excluding carboxylic acids is 1. The van der Waals surface area contributed by atoms with Crippen molar-refractivity contribution in [1.82, 2.24) is 14.3 Å². The van der Waals surface area contributed by atoms with Crippen LogP contribution in [0.2, 0.25) is 0 Å². The molecule has 2 aromatic rings. The number of pyridine rings is 1. The van der Waals surface area contributed by atoms with Gasteiger partial charge in [0.05, 0.1) is 12.1 Å². The lowest BCUT2D eigenvalue weighted by Gasteiger charge is -2.13. The van der Waals surface area contributed by atoms with Gasteiger partial charge in [0.25, 0.3) is 0 Å². The van der Waals surface area contributed by atoms with Crippen LogP contribution in [-0.4, -0.2) is 26.4 Å². The molecule has 2 rings (SSSR count). The molecule has 0 spiro atoms. The Morgan fingerprint density at radius 3 is 2.89 bits per heavy atom. The van der Waals surface area contributed by atoms with Crippen LogP contribution in [-0.2, 0) is 18.3 Å². The summed E-state index contributed by atoms with van der Waals surface area (Å²) in [6.07, 6.45) is 4.63. The lowest BCUT2D eigenvalue weighted by atomic mass is 10.3. The molecule has 0 fully saturated rings. The van der Waals surface area contributed by atoms with Crippen LogP contribution in [0.5, 0.6) is 0 Å². The highest BCUT2D eigenvalue weighted by molar-refractivity contribution is 5.89. The number of nitrogens with zero attached hydrogens (tertiary/aromatic N) is 3. The van der Waals surface area contributed by atoms with Gasteiger partial charge in [0.1, 0.15) is 6.10 Å². The van der Waals surface area contributed by atoms with Crippen LogP contribution < -0.4 is 5.56 Å². The first kappa shape index (κ1) is 13.1. The number of carbonyl (C=O) groups is 1. The minimum atomic E-state index is -0.449. The van der Waals surface area contributed by atoms with Crippen LogP contribution in [0.4, 0.5) is 0 Å². The number of rotatable bonds is 4. The van der Waals surface area contributed by atoms with Crippen molar-refractivity contribution >= 4 is 5.97 Å². The summed E-state index contributed by atoms with van der Waals surface area (Å²) in [4.78, 5) is 23.1. The van der Waals surface area contributed by atoms with Gasteiger partial charge in [-0.3, -0.25) is 9.48 Å². The zero-order chi connectivity index (χ0) is 13.8. The van der Waals surface area contributed by atoms with Gasteiger partial charge in [-0.2, -0.15) is 5.10 Å². The molecule has 0 amide bonds. The lowest BCUT2D eigenvalue weighted by molar-refractivity contribution is 0.0298. The summed E-state index contributed by atoms with van der Waals surface area (Å²) >= 11 is 0. The lowest BCUT2D eigenvalue weighted by Crippen LogP contribution is -2.23. The van der Waals surface area contributed by atoms with Gasteiger partial charge in [0.2, 0.25) is 5.56 Å². The molecule has 0 saturated heterocycles. The molecule has 6 heteroatoms. The van der Waals surface area contributed by atoms with Gasteiger partial charge in [0, 0.05) is 31.7 Å². The third kappa shape index (κ3) is 3.31. The highest BCUT2D eigenvalue weighted by atomic mass is 16.5. The van der Waals surface area contributed by atoms with Crippen LogP contribution in [0.15, 0.2) is 41.6 Å². The van der Waals surface area contributed by atoms with E-state index in [4.69, 9.17) is 4.74 Å². The van der Waals surface area contributed by atoms with Gasteiger partial charge in [-0.25, -0.2) is 4.79 Å². The fourth-order valence-corrected chi connectivity index (χ4v) is 1.67. The Balaban J connectivity index is 2.00. The average Bonchev–Trinajstić information content (AvgIpc) is 2.85. The first-order valence-corrected chi connectivity index (χ1v) is 5.91. The molecule has 2 heterocycles. The van der Waals surface area contributed by atoms with E-state index in [1.807, 2.05) is 6.07 Å². The maximum atomic E-state index is 11.9. The molecule has 0 aliphatic rings. The maximum Gasteiger partial charge on any atom is 0.339 e. The second-order valence-electron chi connectivity index (χ2n) is 4.31. The Morgan fingerprint density at radius 2 is 2.26 bits per heavy atom. The van der Waals surface area contributed by atoms with E-state index in [-0.39, 0.29) is 11.7 Å². The minimum absolute atomic E-state index is 0.166. The van der Waals surface area contributed by atoms with Crippen LogP contribution in [0.1, 0.15) is 17.3 Å². The van der Waals surface area contributed by atoms with Gasteiger partial charge in [-0.05, 0) is 19.1 Å². The predicted molar refractivity (Wildman–Crippen MR) is 68.8 cm³/mol. The van der Waals surface area contributed by atoms with Gasteiger partial charge in [-0.1, -0.05) is 0 Å². The van der Waals surface area contributed by atoms with E-state index in [0.717, 1.165) is 0 Å². The van der Waals surface area contributed by atoms with E-state index < -0.39 is 5.97 Å². The average molecular weight is 261 g/mol. The molecule has 19 heavy (non-hydrogen) atoms. The molecule has 100 valence electrons. The van der Waals surface area contributed by atoms with Crippen molar-refractivity contribution in [2.75, 3.05) is 0 Å². The van der Waals surface area contributed by atoms with E-state index >= 15 is 0 Å². The van der Waals surface area contributed by atoms with Crippen molar-refractivity contribution in [2.45, 2.75) is 19.6 Å². The van der Waals surface area contributed by atoms with Crippen LogP contribution >= 0.6 is 0 Å². The predicted octanol–water partition coefficient (Wildman–Crippen LogP) is 0.827. The van der Waals surface area contributed by atoms with E-state index in [9.17, 15) is 9.59 Å². The molecule has 0 bridgehead atoms. The maximum absolute atomic E-state index is 11.9. The molecule has 0 N–H and O–H groups in total. The molecule has 0 aliphatic heterocycles. The summed E-state index contributed by atoms with van der Waals surface area (Å²) < 4.78 is 8.32. The summed E-state index contributed by atoms with van der Waals surface area (Å²) in [6, 6.07) is 4.61. The Labute approximate surface area is 110 Å². The molecular formula is C13H15N3O3. The number of aromatic nitrogens is 3. The Bertz CT molecular complexity index is 616. The van der Waals surface area contributed by atoms with Crippen molar-refractivity contribution in [3.8, 4) is 0 Å². The van der Waals surface area contributed by atoms with E-state index in [0.29, 0.717) is 12.1 Å². The fourth-order valence-electron chi connectivity index (χ4n) is 1.67. The number of hydrogen-bond acceptors (Lipinski definition) is 4. The molecule has 1 unspecified atom stereocenters. The Kier molecular flexibility index (Phi) is 3.79. The molecule has 2 aromatic heterocycles. The number of hydrogen-bond donors (Lipinski definition) is 0. The first-order chi connectivity index (χ1) is 9.06. The van der Waals surface area contributed by atoms with Crippen molar-refractivity contribution < 1.29 is 9.53 Å². The monoisotopic (exact) mass is 261 g/mol. The van der Waals surface area contributed by atoms with Gasteiger partial charge in [-0.15, -0.1) is 0 Å². The third-order valence-electron chi connectivity index (χ3n) is 2.63. The summed E-state index contributed by atoms with van der Waals surface area (Å²) in [6.45, 7) is 2.28. The highest BCUT2D eigenvalue weighted by Crippen LogP contribution is 2.03. The molecule has 0 aromatic carbocycles. The quantitative estimate of drug-likeness (QED) is 0.764. The van der Waals surface area contributed by atoms with E-state index in [1.165, 1.54) is 22.9 Å².